The van der Waals surface area contributed by atoms with E-state index in [1.165, 1.54) is 0 Å². The standard InChI is InChI=1S/C12H15Br3N2O/c1-3-7(2)17-11(18)6-16-12-9(14)4-8(13)5-10(12)15/h4-5,7,16H,3,6H2,1-2H3,(H,17,18). The van der Waals surface area contributed by atoms with Crippen LogP contribution >= 0.6 is 47.8 Å². The maximum absolute atomic E-state index is 11.7. The van der Waals surface area contributed by atoms with Crippen LogP contribution in [0.1, 0.15) is 20.3 Å². The van der Waals surface area contributed by atoms with Crippen LogP contribution in [0.4, 0.5) is 5.69 Å². The number of rotatable bonds is 5. The van der Waals surface area contributed by atoms with Gasteiger partial charge in [-0.2, -0.15) is 0 Å². The second kappa shape index (κ2) is 7.50. The Balaban J connectivity index is 2.61. The van der Waals surface area contributed by atoms with E-state index in [1.54, 1.807) is 0 Å². The molecule has 0 heterocycles. The monoisotopic (exact) mass is 440 g/mol. The van der Waals surface area contributed by atoms with Crippen molar-refractivity contribution in [3.63, 3.8) is 0 Å². The summed E-state index contributed by atoms with van der Waals surface area (Å²) in [5.41, 5.74) is 0.873. The first-order chi connectivity index (χ1) is 8.43. The Morgan fingerprint density at radius 3 is 2.33 bits per heavy atom. The van der Waals surface area contributed by atoms with Crippen molar-refractivity contribution in [2.75, 3.05) is 11.9 Å². The first kappa shape index (κ1) is 16.0. The zero-order chi connectivity index (χ0) is 13.7. The van der Waals surface area contributed by atoms with Crippen molar-refractivity contribution in [2.45, 2.75) is 26.3 Å². The van der Waals surface area contributed by atoms with Gasteiger partial charge in [0.1, 0.15) is 0 Å². The van der Waals surface area contributed by atoms with E-state index in [1.807, 2.05) is 26.0 Å². The summed E-state index contributed by atoms with van der Waals surface area (Å²) in [6.07, 6.45) is 0.928. The molecule has 0 aliphatic rings. The van der Waals surface area contributed by atoms with Gasteiger partial charge in [-0.3, -0.25) is 4.79 Å². The third-order valence-corrected chi connectivity index (χ3v) is 4.16. The van der Waals surface area contributed by atoms with Crippen molar-refractivity contribution in [3.05, 3.63) is 25.6 Å². The summed E-state index contributed by atoms with van der Waals surface area (Å²) in [7, 11) is 0. The van der Waals surface area contributed by atoms with Crippen LogP contribution in [0.3, 0.4) is 0 Å². The minimum atomic E-state index is -0.00827. The minimum absolute atomic E-state index is 0.00827. The molecule has 0 saturated heterocycles. The summed E-state index contributed by atoms with van der Waals surface area (Å²) in [5.74, 6) is -0.00827. The second-order valence-corrected chi connectivity index (χ2v) is 6.60. The molecule has 0 saturated carbocycles. The van der Waals surface area contributed by atoms with E-state index in [2.05, 4.69) is 58.4 Å². The largest absolute Gasteiger partial charge is 0.374 e. The number of benzene rings is 1. The molecular weight excluding hydrogens is 428 g/mol. The molecule has 0 bridgehead atoms. The minimum Gasteiger partial charge on any atom is -0.374 e. The molecule has 0 fully saturated rings. The second-order valence-electron chi connectivity index (χ2n) is 3.97. The van der Waals surface area contributed by atoms with Gasteiger partial charge in [0.15, 0.2) is 0 Å². The summed E-state index contributed by atoms with van der Waals surface area (Å²) < 4.78 is 2.77. The van der Waals surface area contributed by atoms with Crippen molar-refractivity contribution < 1.29 is 4.79 Å². The van der Waals surface area contributed by atoms with Gasteiger partial charge in [0.05, 0.1) is 12.2 Å². The van der Waals surface area contributed by atoms with Gasteiger partial charge in [0.2, 0.25) is 5.91 Å². The van der Waals surface area contributed by atoms with Gasteiger partial charge in [-0.1, -0.05) is 22.9 Å². The average molecular weight is 443 g/mol. The van der Waals surface area contributed by atoms with Crippen LogP contribution in [0.15, 0.2) is 25.6 Å². The van der Waals surface area contributed by atoms with Crippen LogP contribution < -0.4 is 10.6 Å². The van der Waals surface area contributed by atoms with Crippen LogP contribution in [-0.2, 0) is 4.79 Å². The number of carbonyl (C=O) groups is 1. The van der Waals surface area contributed by atoms with E-state index >= 15 is 0 Å². The summed E-state index contributed by atoms with van der Waals surface area (Å²) in [4.78, 5) is 11.7. The van der Waals surface area contributed by atoms with Gasteiger partial charge < -0.3 is 10.6 Å². The molecule has 100 valence electrons. The van der Waals surface area contributed by atoms with Gasteiger partial charge in [-0.15, -0.1) is 0 Å². The highest BCUT2D eigenvalue weighted by atomic mass is 79.9. The molecule has 1 amide bonds. The lowest BCUT2D eigenvalue weighted by Crippen LogP contribution is -2.36. The topological polar surface area (TPSA) is 41.1 Å². The molecule has 0 radical (unpaired) electrons. The van der Waals surface area contributed by atoms with Crippen molar-refractivity contribution in [2.24, 2.45) is 0 Å². The Hall–Kier alpha value is -0.0700. The van der Waals surface area contributed by atoms with E-state index in [0.29, 0.717) is 0 Å². The van der Waals surface area contributed by atoms with Crippen molar-refractivity contribution in [1.82, 2.24) is 5.32 Å². The number of hydrogen-bond acceptors (Lipinski definition) is 2. The van der Waals surface area contributed by atoms with Crippen LogP contribution in [0.5, 0.6) is 0 Å². The summed E-state index contributed by atoms with van der Waals surface area (Å²) in [5, 5.41) is 6.02. The highest BCUT2D eigenvalue weighted by molar-refractivity contribution is 9.11. The highest BCUT2D eigenvalue weighted by Gasteiger charge is 2.09. The molecule has 1 aromatic carbocycles. The average Bonchev–Trinajstić information content (AvgIpc) is 2.27. The maximum Gasteiger partial charge on any atom is 0.239 e. The molecule has 6 heteroatoms. The lowest BCUT2D eigenvalue weighted by atomic mass is 10.2. The van der Waals surface area contributed by atoms with E-state index in [-0.39, 0.29) is 18.5 Å². The first-order valence-electron chi connectivity index (χ1n) is 5.61. The number of halogens is 3. The fourth-order valence-electron chi connectivity index (χ4n) is 1.31. The normalized spacial score (nSPS) is 12.1. The number of hydrogen-bond donors (Lipinski definition) is 2. The van der Waals surface area contributed by atoms with E-state index in [0.717, 1.165) is 25.5 Å². The Morgan fingerprint density at radius 1 is 1.28 bits per heavy atom. The summed E-state index contributed by atoms with van der Waals surface area (Å²) >= 11 is 10.3. The lowest BCUT2D eigenvalue weighted by molar-refractivity contribution is -0.120. The quantitative estimate of drug-likeness (QED) is 0.713. The Labute approximate surface area is 132 Å². The number of amides is 1. The van der Waals surface area contributed by atoms with Gasteiger partial charge in [-0.25, -0.2) is 0 Å². The van der Waals surface area contributed by atoms with Crippen molar-refractivity contribution in [1.29, 1.82) is 0 Å². The Bertz CT molecular complexity index is 414. The smallest absolute Gasteiger partial charge is 0.239 e. The van der Waals surface area contributed by atoms with Crippen LogP contribution in [0.25, 0.3) is 0 Å². The van der Waals surface area contributed by atoms with Gasteiger partial charge in [-0.05, 0) is 57.3 Å². The Kier molecular flexibility index (Phi) is 6.66. The van der Waals surface area contributed by atoms with E-state index < -0.39 is 0 Å². The Morgan fingerprint density at radius 2 is 1.83 bits per heavy atom. The number of nitrogens with one attached hydrogen (secondary N) is 2. The van der Waals surface area contributed by atoms with Crippen LogP contribution in [0, 0.1) is 0 Å². The third-order valence-electron chi connectivity index (χ3n) is 2.45. The van der Waals surface area contributed by atoms with Crippen molar-refractivity contribution in [3.8, 4) is 0 Å². The van der Waals surface area contributed by atoms with Crippen LogP contribution in [0.2, 0.25) is 0 Å². The fraction of sp³-hybridized carbons (Fsp3) is 0.417. The number of carbonyl (C=O) groups excluding carboxylic acids is 1. The SMILES string of the molecule is CCC(C)NC(=O)CNc1c(Br)cc(Br)cc1Br. The van der Waals surface area contributed by atoms with Crippen molar-refractivity contribution >= 4 is 59.4 Å². The van der Waals surface area contributed by atoms with E-state index in [9.17, 15) is 4.79 Å². The summed E-state index contributed by atoms with van der Waals surface area (Å²) in [6, 6.07) is 4.07. The zero-order valence-electron chi connectivity index (χ0n) is 10.2. The fourth-order valence-corrected chi connectivity index (χ4v) is 3.85. The molecule has 0 aliphatic heterocycles. The predicted octanol–water partition coefficient (Wildman–Crippen LogP) is 4.30. The molecule has 1 rings (SSSR count). The molecule has 1 aromatic rings. The third kappa shape index (κ3) is 4.90. The van der Waals surface area contributed by atoms with Gasteiger partial charge >= 0.3 is 0 Å². The molecule has 3 nitrogen and oxygen atoms in total. The molecule has 1 atom stereocenters. The molecular formula is C12H15Br3N2O. The molecule has 0 aromatic heterocycles. The molecule has 2 N–H and O–H groups in total. The maximum atomic E-state index is 11.7. The summed E-state index contributed by atoms with van der Waals surface area (Å²) in [6.45, 7) is 4.28. The molecule has 18 heavy (non-hydrogen) atoms. The highest BCUT2D eigenvalue weighted by Crippen LogP contribution is 2.34. The van der Waals surface area contributed by atoms with Crippen LogP contribution in [-0.4, -0.2) is 18.5 Å². The number of anilines is 1. The molecule has 0 aliphatic carbocycles. The molecule has 1 unspecified atom stereocenters. The molecule has 0 spiro atoms. The lowest BCUT2D eigenvalue weighted by Gasteiger charge is -2.14. The zero-order valence-corrected chi connectivity index (χ0v) is 14.9. The predicted molar refractivity (Wildman–Crippen MR) is 85.9 cm³/mol. The first-order valence-corrected chi connectivity index (χ1v) is 7.99. The van der Waals surface area contributed by atoms with Gasteiger partial charge in [0.25, 0.3) is 0 Å². The van der Waals surface area contributed by atoms with E-state index in [4.69, 9.17) is 0 Å². The van der Waals surface area contributed by atoms with Gasteiger partial charge in [0, 0.05) is 19.5 Å².